The van der Waals surface area contributed by atoms with Gasteiger partial charge in [0.2, 0.25) is 11.8 Å². The number of hydrogen-bond donors (Lipinski definition) is 0. The van der Waals surface area contributed by atoms with Gasteiger partial charge in [-0.2, -0.15) is 0 Å². The van der Waals surface area contributed by atoms with Crippen LogP contribution in [0.4, 0.5) is 5.69 Å². The second kappa shape index (κ2) is 7.66. The third kappa shape index (κ3) is 4.36. The monoisotopic (exact) mass is 352 g/mol. The van der Waals surface area contributed by atoms with Crippen molar-refractivity contribution in [3.05, 3.63) is 52.1 Å². The van der Waals surface area contributed by atoms with E-state index < -0.39 is 0 Å². The molecule has 1 aromatic heterocycles. The van der Waals surface area contributed by atoms with Gasteiger partial charge >= 0.3 is 0 Å². The van der Waals surface area contributed by atoms with Gasteiger partial charge in [0.25, 0.3) is 0 Å². The maximum absolute atomic E-state index is 12.6. The second-order valence-corrected chi connectivity index (χ2v) is 6.14. The van der Waals surface area contributed by atoms with Crippen molar-refractivity contribution in [3.8, 4) is 5.88 Å². The summed E-state index contributed by atoms with van der Waals surface area (Å²) in [6.07, 6.45) is 2.15. The van der Waals surface area contributed by atoms with Crippen LogP contribution >= 0.6 is 23.2 Å². The highest BCUT2D eigenvalue weighted by molar-refractivity contribution is 6.35. The number of hydrogen-bond acceptors (Lipinski definition) is 3. The molecule has 6 heteroatoms. The van der Waals surface area contributed by atoms with Gasteiger partial charge < -0.3 is 9.64 Å². The van der Waals surface area contributed by atoms with Crippen molar-refractivity contribution in [2.45, 2.75) is 13.3 Å². The predicted molar refractivity (Wildman–Crippen MR) is 93.5 cm³/mol. The number of rotatable bonds is 5. The molecule has 0 N–H and O–H groups in total. The Balaban J connectivity index is 2.08. The van der Waals surface area contributed by atoms with Crippen molar-refractivity contribution in [3.63, 3.8) is 0 Å². The van der Waals surface area contributed by atoms with Crippen LogP contribution in [0.25, 0.3) is 0 Å². The molecule has 1 heterocycles. The molecule has 0 fully saturated rings. The van der Waals surface area contributed by atoms with Crippen LogP contribution in [0.5, 0.6) is 5.88 Å². The van der Waals surface area contributed by atoms with E-state index in [0.29, 0.717) is 28.0 Å². The van der Waals surface area contributed by atoms with Gasteiger partial charge in [-0.15, -0.1) is 0 Å². The lowest BCUT2D eigenvalue weighted by Crippen LogP contribution is -2.32. The summed E-state index contributed by atoms with van der Waals surface area (Å²) in [6.45, 7) is 1.88. The molecule has 0 aliphatic heterocycles. The Morgan fingerprint density at radius 3 is 2.61 bits per heavy atom. The number of benzene rings is 1. The molecule has 1 aromatic carbocycles. The Labute approximate surface area is 146 Å². The molecule has 122 valence electrons. The fourth-order valence-corrected chi connectivity index (χ4v) is 2.74. The van der Waals surface area contributed by atoms with Gasteiger partial charge in [0, 0.05) is 29.1 Å². The minimum atomic E-state index is -0.222. The topological polar surface area (TPSA) is 42.4 Å². The lowest BCUT2D eigenvalue weighted by Gasteiger charge is -2.21. The van der Waals surface area contributed by atoms with E-state index >= 15 is 0 Å². The summed E-state index contributed by atoms with van der Waals surface area (Å²) in [5, 5.41) is 1.16. The summed E-state index contributed by atoms with van der Waals surface area (Å²) in [5.41, 5.74) is 1.61. The zero-order valence-corrected chi connectivity index (χ0v) is 14.7. The Hall–Kier alpha value is -1.78. The van der Waals surface area contributed by atoms with E-state index in [-0.39, 0.29) is 11.8 Å². The van der Waals surface area contributed by atoms with Crippen molar-refractivity contribution in [1.82, 2.24) is 4.98 Å². The van der Waals surface area contributed by atoms with Crippen LogP contribution < -0.4 is 9.64 Å². The van der Waals surface area contributed by atoms with Gasteiger partial charge in [-0.3, -0.25) is 4.79 Å². The standard InChI is InChI=1S/C17H18Cl2N2O2/c1-11(8-12-4-5-13(18)9-15(12)19)17(22)21(2)14-6-7-16(23-3)20-10-14/h4-7,9-11H,8H2,1-3H3. The number of carbonyl (C=O) groups is 1. The van der Waals surface area contributed by atoms with Crippen LogP contribution in [0.3, 0.4) is 0 Å². The van der Waals surface area contributed by atoms with Crippen molar-refractivity contribution in [2.75, 3.05) is 19.1 Å². The lowest BCUT2D eigenvalue weighted by atomic mass is 9.99. The average molecular weight is 353 g/mol. The van der Waals surface area contributed by atoms with Crippen molar-refractivity contribution in [1.29, 1.82) is 0 Å². The van der Waals surface area contributed by atoms with Crippen LogP contribution in [0, 0.1) is 5.92 Å². The summed E-state index contributed by atoms with van der Waals surface area (Å²) in [6, 6.07) is 8.83. The van der Waals surface area contributed by atoms with Crippen LogP contribution in [0.1, 0.15) is 12.5 Å². The van der Waals surface area contributed by atoms with Gasteiger partial charge in [0.05, 0.1) is 19.0 Å². The van der Waals surface area contributed by atoms with E-state index in [1.807, 2.05) is 13.0 Å². The molecular weight excluding hydrogens is 335 g/mol. The smallest absolute Gasteiger partial charge is 0.229 e. The van der Waals surface area contributed by atoms with Gasteiger partial charge in [0.15, 0.2) is 0 Å². The van der Waals surface area contributed by atoms with Crippen LogP contribution in [-0.4, -0.2) is 25.0 Å². The van der Waals surface area contributed by atoms with Crippen molar-refractivity contribution >= 4 is 34.8 Å². The Kier molecular flexibility index (Phi) is 5.85. The third-order valence-electron chi connectivity index (χ3n) is 3.61. The number of nitrogens with zero attached hydrogens (tertiary/aromatic N) is 2. The maximum Gasteiger partial charge on any atom is 0.229 e. The molecular formula is C17H18Cl2N2O2. The first-order chi connectivity index (χ1) is 10.9. The number of methoxy groups -OCH3 is 1. The summed E-state index contributed by atoms with van der Waals surface area (Å²) >= 11 is 12.1. The first-order valence-electron chi connectivity index (χ1n) is 7.14. The molecule has 0 bridgehead atoms. The molecule has 2 rings (SSSR count). The molecule has 4 nitrogen and oxygen atoms in total. The van der Waals surface area contributed by atoms with E-state index in [4.69, 9.17) is 27.9 Å². The largest absolute Gasteiger partial charge is 0.481 e. The zero-order chi connectivity index (χ0) is 17.0. The first-order valence-corrected chi connectivity index (χ1v) is 7.89. The fraction of sp³-hybridized carbons (Fsp3) is 0.294. The SMILES string of the molecule is COc1ccc(N(C)C(=O)C(C)Cc2ccc(Cl)cc2Cl)cn1. The fourth-order valence-electron chi connectivity index (χ4n) is 2.25. The van der Waals surface area contributed by atoms with Gasteiger partial charge in [0.1, 0.15) is 0 Å². The second-order valence-electron chi connectivity index (χ2n) is 5.30. The summed E-state index contributed by atoms with van der Waals surface area (Å²) in [5.74, 6) is 0.277. The normalized spacial score (nSPS) is 11.9. The van der Waals surface area contributed by atoms with Crippen LogP contribution in [0.15, 0.2) is 36.5 Å². The summed E-state index contributed by atoms with van der Waals surface area (Å²) in [4.78, 5) is 18.3. The van der Waals surface area contributed by atoms with Gasteiger partial charge in [-0.1, -0.05) is 36.2 Å². The molecule has 0 saturated heterocycles. The molecule has 0 spiro atoms. The number of anilines is 1. The third-order valence-corrected chi connectivity index (χ3v) is 4.20. The number of pyridine rings is 1. The van der Waals surface area contributed by atoms with E-state index in [9.17, 15) is 4.79 Å². The highest BCUT2D eigenvalue weighted by Crippen LogP contribution is 2.25. The molecule has 1 unspecified atom stereocenters. The Morgan fingerprint density at radius 2 is 2.04 bits per heavy atom. The van der Waals surface area contributed by atoms with E-state index in [2.05, 4.69) is 4.98 Å². The van der Waals surface area contributed by atoms with Crippen molar-refractivity contribution in [2.24, 2.45) is 5.92 Å². The molecule has 1 amide bonds. The van der Waals surface area contributed by atoms with Gasteiger partial charge in [-0.05, 0) is 30.2 Å². The average Bonchev–Trinajstić information content (AvgIpc) is 2.56. The number of halogens is 2. The number of carbonyl (C=O) groups excluding carboxylic acids is 1. The number of amides is 1. The molecule has 0 aliphatic carbocycles. The number of ether oxygens (including phenoxy) is 1. The highest BCUT2D eigenvalue weighted by Gasteiger charge is 2.20. The van der Waals surface area contributed by atoms with E-state index in [0.717, 1.165) is 5.56 Å². The summed E-state index contributed by atoms with van der Waals surface area (Å²) in [7, 11) is 3.28. The quantitative estimate of drug-likeness (QED) is 0.808. The Bertz CT molecular complexity index is 689. The van der Waals surface area contributed by atoms with Crippen LogP contribution in [0.2, 0.25) is 10.0 Å². The molecule has 0 saturated carbocycles. The molecule has 2 aromatic rings. The maximum atomic E-state index is 12.6. The molecule has 23 heavy (non-hydrogen) atoms. The minimum Gasteiger partial charge on any atom is -0.481 e. The minimum absolute atomic E-state index is 0.0111. The molecule has 0 radical (unpaired) electrons. The zero-order valence-electron chi connectivity index (χ0n) is 13.2. The predicted octanol–water partition coefficient (Wildman–Crippen LogP) is 4.24. The number of aromatic nitrogens is 1. The van der Waals surface area contributed by atoms with Gasteiger partial charge in [-0.25, -0.2) is 4.98 Å². The highest BCUT2D eigenvalue weighted by atomic mass is 35.5. The van der Waals surface area contributed by atoms with Crippen LogP contribution in [-0.2, 0) is 11.2 Å². The first kappa shape index (κ1) is 17.6. The van der Waals surface area contributed by atoms with E-state index in [1.54, 1.807) is 49.5 Å². The van der Waals surface area contributed by atoms with E-state index in [1.165, 1.54) is 0 Å². The summed E-state index contributed by atoms with van der Waals surface area (Å²) < 4.78 is 5.02. The Morgan fingerprint density at radius 1 is 1.30 bits per heavy atom. The molecule has 0 aliphatic rings. The lowest BCUT2D eigenvalue weighted by molar-refractivity contribution is -0.121. The van der Waals surface area contributed by atoms with Crippen molar-refractivity contribution < 1.29 is 9.53 Å². The molecule has 1 atom stereocenters.